The van der Waals surface area contributed by atoms with Gasteiger partial charge in [0, 0.05) is 28.2 Å². The van der Waals surface area contributed by atoms with Gasteiger partial charge < -0.3 is 4.74 Å². The van der Waals surface area contributed by atoms with Crippen molar-refractivity contribution in [3.05, 3.63) is 38.9 Å². The summed E-state index contributed by atoms with van der Waals surface area (Å²) in [4.78, 5) is 5.60. The van der Waals surface area contributed by atoms with Crippen molar-refractivity contribution in [1.82, 2.24) is 4.68 Å². The number of benzene rings is 1. The van der Waals surface area contributed by atoms with Gasteiger partial charge >= 0.3 is 0 Å². The Morgan fingerprint density at radius 1 is 1.21 bits per heavy atom. The molecule has 0 bridgehead atoms. The minimum Gasteiger partial charge on any atom is -0.383 e. The van der Waals surface area contributed by atoms with Gasteiger partial charge in [0.1, 0.15) is 0 Å². The molecule has 1 aliphatic rings. The summed E-state index contributed by atoms with van der Waals surface area (Å²) in [5.74, 6) is 0. The highest BCUT2D eigenvalue weighted by Crippen LogP contribution is 2.28. The summed E-state index contributed by atoms with van der Waals surface area (Å²) in [7, 11) is 1.70. The Balaban J connectivity index is 2.05. The standard InChI is InChI=1S/C18H22BrN3OS/c1-23-12-11-20-18-22(21-14-7-3-2-4-8-14)17(13-24-18)15-9-5-6-10-16(15)19/h5-6,9-10,13H,2-4,7-8,11-12H2,1H3. The van der Waals surface area contributed by atoms with Crippen LogP contribution in [0.25, 0.3) is 11.3 Å². The lowest BCUT2D eigenvalue weighted by Gasteiger charge is -2.13. The van der Waals surface area contributed by atoms with Crippen LogP contribution in [-0.2, 0) is 4.74 Å². The van der Waals surface area contributed by atoms with Crippen LogP contribution < -0.4 is 4.80 Å². The van der Waals surface area contributed by atoms with Crippen molar-refractivity contribution >= 4 is 33.0 Å². The zero-order valence-electron chi connectivity index (χ0n) is 13.9. The summed E-state index contributed by atoms with van der Waals surface area (Å²) in [6.07, 6.45) is 5.98. The predicted molar refractivity (Wildman–Crippen MR) is 104 cm³/mol. The summed E-state index contributed by atoms with van der Waals surface area (Å²) >= 11 is 5.29. The van der Waals surface area contributed by atoms with Gasteiger partial charge in [0.15, 0.2) is 0 Å². The zero-order valence-corrected chi connectivity index (χ0v) is 16.3. The molecule has 0 radical (unpaired) electrons. The van der Waals surface area contributed by atoms with E-state index in [0.717, 1.165) is 33.4 Å². The van der Waals surface area contributed by atoms with Crippen LogP contribution in [0, 0.1) is 0 Å². The SMILES string of the molecule is COCCN=c1scc(-c2ccccc2Br)n1N=C1CCCCC1. The van der Waals surface area contributed by atoms with Crippen LogP contribution in [0.1, 0.15) is 32.1 Å². The molecule has 0 amide bonds. The Hall–Kier alpha value is -1.24. The second kappa shape index (κ2) is 8.74. The fourth-order valence-electron chi connectivity index (χ4n) is 2.79. The van der Waals surface area contributed by atoms with Crippen LogP contribution >= 0.6 is 27.3 Å². The second-order valence-electron chi connectivity index (χ2n) is 5.80. The fourth-order valence-corrected chi connectivity index (χ4v) is 4.13. The number of methoxy groups -OCH3 is 1. The van der Waals surface area contributed by atoms with Crippen molar-refractivity contribution in [3.63, 3.8) is 0 Å². The molecule has 1 aliphatic carbocycles. The fraction of sp³-hybridized carbons (Fsp3) is 0.444. The number of halogens is 1. The van der Waals surface area contributed by atoms with Crippen LogP contribution in [0.4, 0.5) is 0 Å². The Kier molecular flexibility index (Phi) is 6.40. The molecular weight excluding hydrogens is 386 g/mol. The average molecular weight is 408 g/mol. The van der Waals surface area contributed by atoms with E-state index in [1.807, 2.05) is 10.7 Å². The molecule has 0 spiro atoms. The number of rotatable bonds is 5. The van der Waals surface area contributed by atoms with Crippen molar-refractivity contribution in [3.8, 4) is 11.3 Å². The van der Waals surface area contributed by atoms with E-state index < -0.39 is 0 Å². The van der Waals surface area contributed by atoms with E-state index in [1.54, 1.807) is 18.4 Å². The monoisotopic (exact) mass is 407 g/mol. The first-order valence-corrected chi connectivity index (χ1v) is 9.98. The van der Waals surface area contributed by atoms with Crippen molar-refractivity contribution in [1.29, 1.82) is 0 Å². The molecular formula is C18H22BrN3OS. The largest absolute Gasteiger partial charge is 0.383 e. The predicted octanol–water partition coefficient (Wildman–Crippen LogP) is 4.69. The number of ether oxygens (including phenoxy) is 1. The van der Waals surface area contributed by atoms with Gasteiger partial charge in [0.2, 0.25) is 4.80 Å². The summed E-state index contributed by atoms with van der Waals surface area (Å²) in [6, 6.07) is 8.26. The van der Waals surface area contributed by atoms with Gasteiger partial charge in [-0.15, -0.1) is 11.3 Å². The van der Waals surface area contributed by atoms with Gasteiger partial charge in [-0.05, 0) is 31.7 Å². The first-order valence-electron chi connectivity index (χ1n) is 8.31. The van der Waals surface area contributed by atoms with E-state index in [-0.39, 0.29) is 0 Å². The summed E-state index contributed by atoms with van der Waals surface area (Å²) in [5.41, 5.74) is 3.50. The summed E-state index contributed by atoms with van der Waals surface area (Å²) < 4.78 is 8.21. The lowest BCUT2D eigenvalue weighted by Crippen LogP contribution is -2.17. The van der Waals surface area contributed by atoms with E-state index in [9.17, 15) is 0 Å². The Morgan fingerprint density at radius 2 is 2.00 bits per heavy atom. The molecule has 4 nitrogen and oxygen atoms in total. The molecule has 0 unspecified atom stereocenters. The summed E-state index contributed by atoms with van der Waals surface area (Å²) in [5, 5.41) is 7.10. The molecule has 2 aromatic rings. The first-order chi connectivity index (χ1) is 11.8. The van der Waals surface area contributed by atoms with Gasteiger partial charge in [-0.2, -0.15) is 5.10 Å². The molecule has 0 atom stereocenters. The third kappa shape index (κ3) is 4.23. The molecule has 1 aromatic carbocycles. The van der Waals surface area contributed by atoms with E-state index in [4.69, 9.17) is 9.84 Å². The van der Waals surface area contributed by atoms with Gasteiger partial charge in [-0.25, -0.2) is 4.68 Å². The van der Waals surface area contributed by atoms with Crippen LogP contribution in [0.3, 0.4) is 0 Å². The molecule has 0 aliphatic heterocycles. The Morgan fingerprint density at radius 3 is 2.75 bits per heavy atom. The molecule has 0 saturated heterocycles. The Labute approximate surface area is 155 Å². The lowest BCUT2D eigenvalue weighted by atomic mass is 9.99. The quantitative estimate of drug-likeness (QED) is 0.662. The van der Waals surface area contributed by atoms with Gasteiger partial charge in [0.25, 0.3) is 0 Å². The van der Waals surface area contributed by atoms with E-state index in [0.29, 0.717) is 13.2 Å². The van der Waals surface area contributed by atoms with Crippen LogP contribution in [0.15, 0.2) is 44.2 Å². The molecule has 0 N–H and O–H groups in total. The molecule has 24 heavy (non-hydrogen) atoms. The molecule has 128 valence electrons. The van der Waals surface area contributed by atoms with Crippen molar-refractivity contribution in [2.45, 2.75) is 32.1 Å². The highest BCUT2D eigenvalue weighted by Gasteiger charge is 2.13. The highest BCUT2D eigenvalue weighted by molar-refractivity contribution is 9.10. The minimum atomic E-state index is 0.624. The maximum Gasteiger partial charge on any atom is 0.206 e. The second-order valence-corrected chi connectivity index (χ2v) is 7.49. The van der Waals surface area contributed by atoms with Crippen LogP contribution in [-0.4, -0.2) is 30.6 Å². The number of hydrogen-bond donors (Lipinski definition) is 0. The lowest BCUT2D eigenvalue weighted by molar-refractivity contribution is 0.207. The molecule has 1 aromatic heterocycles. The molecule has 1 heterocycles. The zero-order chi connectivity index (χ0) is 16.8. The van der Waals surface area contributed by atoms with E-state index >= 15 is 0 Å². The molecule has 3 rings (SSSR count). The van der Waals surface area contributed by atoms with Gasteiger partial charge in [-0.3, -0.25) is 4.99 Å². The molecule has 1 saturated carbocycles. The van der Waals surface area contributed by atoms with Crippen LogP contribution in [0.5, 0.6) is 0 Å². The summed E-state index contributed by atoms with van der Waals surface area (Å²) in [6.45, 7) is 1.27. The topological polar surface area (TPSA) is 38.9 Å². The average Bonchev–Trinajstić information content (AvgIpc) is 2.99. The van der Waals surface area contributed by atoms with Gasteiger partial charge in [0.05, 0.1) is 18.8 Å². The number of aromatic nitrogens is 1. The molecule has 6 heteroatoms. The first kappa shape index (κ1) is 17.6. The van der Waals surface area contributed by atoms with E-state index in [2.05, 4.69) is 44.5 Å². The molecule has 1 fully saturated rings. The van der Waals surface area contributed by atoms with Crippen molar-refractivity contribution in [2.75, 3.05) is 20.3 Å². The maximum atomic E-state index is 5.12. The highest BCUT2D eigenvalue weighted by atomic mass is 79.9. The normalized spacial score (nSPS) is 15.8. The number of thiazole rings is 1. The number of hydrogen-bond acceptors (Lipinski definition) is 4. The van der Waals surface area contributed by atoms with Crippen LogP contribution in [0.2, 0.25) is 0 Å². The number of nitrogens with zero attached hydrogens (tertiary/aromatic N) is 3. The smallest absolute Gasteiger partial charge is 0.206 e. The van der Waals surface area contributed by atoms with Crippen molar-refractivity contribution in [2.24, 2.45) is 10.1 Å². The third-order valence-corrected chi connectivity index (χ3v) is 5.60. The Bertz CT molecular complexity index is 771. The third-order valence-electron chi connectivity index (χ3n) is 4.05. The van der Waals surface area contributed by atoms with Crippen molar-refractivity contribution < 1.29 is 4.74 Å². The maximum absolute atomic E-state index is 5.12. The van der Waals surface area contributed by atoms with Gasteiger partial charge in [-0.1, -0.05) is 40.5 Å². The van der Waals surface area contributed by atoms with E-state index in [1.165, 1.54) is 25.0 Å². The minimum absolute atomic E-state index is 0.624.